The molecular weight excluding hydrogens is 679 g/mol. The molecule has 0 unspecified atom stereocenters. The highest BCUT2D eigenvalue weighted by Gasteiger charge is 2.19. The fraction of sp³-hybridized carbons (Fsp3) is 0. The van der Waals surface area contributed by atoms with Crippen molar-refractivity contribution >= 4 is 71.3 Å². The molecule has 0 atom stereocenters. The molecule has 0 radical (unpaired) electrons. The van der Waals surface area contributed by atoms with Gasteiger partial charge in [0, 0.05) is 33.3 Å². The Morgan fingerprint density at radius 3 is 1.68 bits per heavy atom. The minimum atomic E-state index is 0.906. The van der Waals surface area contributed by atoms with E-state index in [-0.39, 0.29) is 0 Å². The van der Waals surface area contributed by atoms with Crippen LogP contribution in [-0.4, -0.2) is 0 Å². The third-order valence-electron chi connectivity index (χ3n) is 11.3. The molecule has 0 spiro atoms. The summed E-state index contributed by atoms with van der Waals surface area (Å²) in [4.78, 5) is 2.38. The second-order valence-electron chi connectivity index (χ2n) is 14.4. The van der Waals surface area contributed by atoms with Crippen molar-refractivity contribution < 1.29 is 4.42 Å². The van der Waals surface area contributed by atoms with Crippen LogP contribution in [0.2, 0.25) is 0 Å². The van der Waals surface area contributed by atoms with Crippen LogP contribution in [0.25, 0.3) is 87.6 Å². The van der Waals surface area contributed by atoms with Crippen LogP contribution in [0.1, 0.15) is 0 Å². The Bertz CT molecular complexity index is 3230. The Hall–Kier alpha value is -7.42. The second-order valence-corrected chi connectivity index (χ2v) is 14.4. The van der Waals surface area contributed by atoms with Crippen molar-refractivity contribution in [2.24, 2.45) is 0 Å². The molecule has 0 N–H and O–H groups in total. The van der Waals surface area contributed by atoms with Crippen LogP contribution in [0.4, 0.5) is 17.1 Å². The smallest absolute Gasteiger partial charge is 0.143 e. The summed E-state index contributed by atoms with van der Waals surface area (Å²) in [5, 5.41) is 9.87. The fourth-order valence-corrected chi connectivity index (χ4v) is 8.62. The number of rotatable bonds is 6. The van der Waals surface area contributed by atoms with E-state index in [9.17, 15) is 0 Å². The third-order valence-corrected chi connectivity index (χ3v) is 11.3. The summed E-state index contributed by atoms with van der Waals surface area (Å²) in [6.45, 7) is 0. The summed E-state index contributed by atoms with van der Waals surface area (Å²) in [6.07, 6.45) is 0. The number of benzene rings is 10. The molecule has 0 aliphatic rings. The van der Waals surface area contributed by atoms with E-state index in [1.807, 2.05) is 12.1 Å². The Labute approximate surface area is 325 Å². The lowest BCUT2D eigenvalue weighted by molar-refractivity contribution is 0.670. The van der Waals surface area contributed by atoms with Crippen molar-refractivity contribution in [2.75, 3.05) is 4.90 Å². The minimum Gasteiger partial charge on any atom is -0.455 e. The number of para-hydroxylation sites is 3. The highest BCUT2D eigenvalue weighted by atomic mass is 16.3. The topological polar surface area (TPSA) is 16.4 Å². The second kappa shape index (κ2) is 13.2. The van der Waals surface area contributed by atoms with Gasteiger partial charge < -0.3 is 9.32 Å². The zero-order valence-electron chi connectivity index (χ0n) is 30.6. The number of anilines is 3. The van der Waals surface area contributed by atoms with Crippen molar-refractivity contribution in [3.05, 3.63) is 212 Å². The monoisotopic (exact) mass is 713 g/mol. The molecule has 0 saturated carbocycles. The van der Waals surface area contributed by atoms with E-state index >= 15 is 0 Å². The van der Waals surface area contributed by atoms with Crippen LogP contribution < -0.4 is 4.90 Å². The first-order valence-electron chi connectivity index (χ1n) is 19.2. The molecule has 11 rings (SSSR count). The molecule has 1 heterocycles. The molecule has 0 saturated heterocycles. The van der Waals surface area contributed by atoms with Crippen LogP contribution >= 0.6 is 0 Å². The summed E-state index contributed by atoms with van der Waals surface area (Å²) < 4.78 is 6.43. The Balaban J connectivity index is 1.07. The molecule has 1 aromatic heterocycles. The van der Waals surface area contributed by atoms with Gasteiger partial charge in [-0.25, -0.2) is 0 Å². The van der Waals surface area contributed by atoms with Crippen molar-refractivity contribution in [1.29, 1.82) is 0 Å². The molecule has 0 bridgehead atoms. The molecule has 2 nitrogen and oxygen atoms in total. The Kier molecular flexibility index (Phi) is 7.53. The third kappa shape index (κ3) is 5.26. The molecule has 2 heteroatoms. The summed E-state index contributed by atoms with van der Waals surface area (Å²) in [5.74, 6) is 0. The van der Waals surface area contributed by atoms with Gasteiger partial charge in [0.1, 0.15) is 11.2 Å². The van der Waals surface area contributed by atoms with Gasteiger partial charge in [-0.05, 0) is 97.0 Å². The van der Waals surface area contributed by atoms with Crippen LogP contribution in [-0.2, 0) is 0 Å². The molecule has 262 valence electrons. The average molecular weight is 714 g/mol. The van der Waals surface area contributed by atoms with Gasteiger partial charge in [0.05, 0.1) is 5.69 Å². The molecule has 0 aliphatic carbocycles. The lowest BCUT2D eigenvalue weighted by Gasteiger charge is -2.28. The van der Waals surface area contributed by atoms with Gasteiger partial charge >= 0.3 is 0 Å². The van der Waals surface area contributed by atoms with E-state index in [0.29, 0.717) is 0 Å². The minimum absolute atomic E-state index is 0.906. The zero-order valence-corrected chi connectivity index (χ0v) is 30.6. The average Bonchev–Trinajstić information content (AvgIpc) is 3.66. The lowest BCUT2D eigenvalue weighted by atomic mass is 9.90. The van der Waals surface area contributed by atoms with Gasteiger partial charge in [0.25, 0.3) is 0 Å². The highest BCUT2D eigenvalue weighted by Crippen LogP contribution is 2.44. The Morgan fingerprint density at radius 2 is 0.893 bits per heavy atom. The summed E-state index contributed by atoms with van der Waals surface area (Å²) in [6, 6.07) is 76.4. The van der Waals surface area contributed by atoms with E-state index in [2.05, 4.69) is 205 Å². The maximum absolute atomic E-state index is 6.43. The summed E-state index contributed by atoms with van der Waals surface area (Å²) in [7, 11) is 0. The van der Waals surface area contributed by atoms with Gasteiger partial charge in [-0.1, -0.05) is 170 Å². The maximum Gasteiger partial charge on any atom is 0.143 e. The molecule has 0 fully saturated rings. The van der Waals surface area contributed by atoms with Crippen LogP contribution in [0, 0.1) is 0 Å². The quantitative estimate of drug-likeness (QED) is 0.160. The maximum atomic E-state index is 6.43. The first kappa shape index (κ1) is 32.0. The van der Waals surface area contributed by atoms with Crippen molar-refractivity contribution in [2.45, 2.75) is 0 Å². The zero-order chi connectivity index (χ0) is 37.0. The standard InChI is InChI=1S/C54H35NO/c1-2-13-36(14-3-1)44-18-8-10-23-51(44)55(41-30-25-38(26-31-41)46-21-12-22-49-47-20-9-11-24-52(47)56-54(46)49)42-32-27-39(28-33-42)50-35-40-16-5-6-17-43(40)48-34-29-37-15-4-7-19-45(37)53(48)50/h1-35H. The first-order chi connectivity index (χ1) is 27.8. The lowest BCUT2D eigenvalue weighted by Crippen LogP contribution is -2.11. The number of hydrogen-bond donors (Lipinski definition) is 0. The molecule has 56 heavy (non-hydrogen) atoms. The predicted molar refractivity (Wildman–Crippen MR) is 237 cm³/mol. The fourth-order valence-electron chi connectivity index (χ4n) is 8.62. The van der Waals surface area contributed by atoms with E-state index in [1.165, 1.54) is 54.6 Å². The molecule has 0 aliphatic heterocycles. The van der Waals surface area contributed by atoms with E-state index in [0.717, 1.165) is 50.1 Å². The first-order valence-corrected chi connectivity index (χ1v) is 19.2. The van der Waals surface area contributed by atoms with Gasteiger partial charge in [0.2, 0.25) is 0 Å². The normalized spacial score (nSPS) is 11.6. The van der Waals surface area contributed by atoms with Gasteiger partial charge in [-0.3, -0.25) is 0 Å². The van der Waals surface area contributed by atoms with Gasteiger partial charge in [-0.15, -0.1) is 0 Å². The SMILES string of the molecule is c1ccc(-c2ccccc2N(c2ccc(-c3cccc4c3oc3ccccc34)cc2)c2ccc(-c3cc4ccccc4c4ccc5ccccc5c34)cc2)cc1. The van der Waals surface area contributed by atoms with Crippen molar-refractivity contribution in [3.8, 4) is 33.4 Å². The molecule has 10 aromatic carbocycles. The van der Waals surface area contributed by atoms with Crippen LogP contribution in [0.3, 0.4) is 0 Å². The Morgan fingerprint density at radius 1 is 0.321 bits per heavy atom. The van der Waals surface area contributed by atoms with Crippen LogP contribution in [0.5, 0.6) is 0 Å². The number of fused-ring (bicyclic) bond motifs is 8. The van der Waals surface area contributed by atoms with E-state index in [4.69, 9.17) is 4.42 Å². The predicted octanol–water partition coefficient (Wildman–Crippen LogP) is 15.5. The highest BCUT2D eigenvalue weighted by molar-refractivity contribution is 6.23. The summed E-state index contributed by atoms with van der Waals surface area (Å²) in [5.41, 5.74) is 12.0. The van der Waals surface area contributed by atoms with Crippen molar-refractivity contribution in [1.82, 2.24) is 0 Å². The number of nitrogens with zero attached hydrogens (tertiary/aromatic N) is 1. The van der Waals surface area contributed by atoms with Gasteiger partial charge in [-0.2, -0.15) is 0 Å². The molecular formula is C54H35NO. The van der Waals surface area contributed by atoms with Crippen LogP contribution in [0.15, 0.2) is 217 Å². The van der Waals surface area contributed by atoms with E-state index < -0.39 is 0 Å². The van der Waals surface area contributed by atoms with E-state index in [1.54, 1.807) is 0 Å². The van der Waals surface area contributed by atoms with Crippen molar-refractivity contribution in [3.63, 3.8) is 0 Å². The molecule has 11 aromatic rings. The number of furan rings is 1. The number of hydrogen-bond acceptors (Lipinski definition) is 2. The summed E-state index contributed by atoms with van der Waals surface area (Å²) >= 11 is 0. The van der Waals surface area contributed by atoms with Gasteiger partial charge in [0.15, 0.2) is 0 Å². The largest absolute Gasteiger partial charge is 0.455 e. The molecule has 0 amide bonds.